The quantitative estimate of drug-likeness (QED) is 0.310. The zero-order valence-electron chi connectivity index (χ0n) is 9.51. The number of carbonyl (C=O) groups is 1. The fourth-order valence-corrected chi connectivity index (χ4v) is 1.25. The van der Waals surface area contributed by atoms with Crippen LogP contribution < -0.4 is 15.8 Å². The Bertz CT molecular complexity index is 418. The molecule has 92 valence electrons. The van der Waals surface area contributed by atoms with Crippen molar-refractivity contribution in [3.8, 4) is 5.75 Å². The van der Waals surface area contributed by atoms with Crippen molar-refractivity contribution in [1.82, 2.24) is 0 Å². The number of nitrogens with two attached hydrogens (primary N) is 1. The number of anilines is 1. The Kier molecular flexibility index (Phi) is 4.80. The highest BCUT2D eigenvalue weighted by Gasteiger charge is 2.08. The van der Waals surface area contributed by atoms with Gasteiger partial charge in [-0.25, -0.2) is 0 Å². The Morgan fingerprint density at radius 3 is 2.88 bits per heavy atom. The normalized spacial score (nSPS) is 11.0. The van der Waals surface area contributed by atoms with Gasteiger partial charge in [0.05, 0.1) is 18.7 Å². The van der Waals surface area contributed by atoms with Crippen LogP contribution in [0, 0.1) is 0 Å². The van der Waals surface area contributed by atoms with Crippen LogP contribution in [0.4, 0.5) is 5.69 Å². The third-order valence-electron chi connectivity index (χ3n) is 1.93. The summed E-state index contributed by atoms with van der Waals surface area (Å²) in [5.74, 6) is 0.0757. The molecule has 0 saturated heterocycles. The highest BCUT2D eigenvalue weighted by molar-refractivity contribution is 6.05. The van der Waals surface area contributed by atoms with Gasteiger partial charge < -0.3 is 21.0 Å². The number of nitrogens with one attached hydrogen (secondary N) is 1. The van der Waals surface area contributed by atoms with Crippen LogP contribution >= 0.6 is 0 Å². The van der Waals surface area contributed by atoms with Gasteiger partial charge in [-0.1, -0.05) is 17.3 Å². The molecule has 0 aliphatic heterocycles. The lowest BCUT2D eigenvalue weighted by atomic mass is 10.2. The maximum absolute atomic E-state index is 11.5. The van der Waals surface area contributed by atoms with E-state index < -0.39 is 0 Å². The van der Waals surface area contributed by atoms with Crippen LogP contribution in [0.1, 0.15) is 13.3 Å². The first-order valence-electron chi connectivity index (χ1n) is 5.15. The SMILES string of the molecule is CCOc1ccccc1NC(=O)C/C(N)=N/O. The molecule has 0 atom stereocenters. The average molecular weight is 237 g/mol. The van der Waals surface area contributed by atoms with Crippen molar-refractivity contribution in [1.29, 1.82) is 0 Å². The van der Waals surface area contributed by atoms with Crippen LogP contribution in [0.3, 0.4) is 0 Å². The monoisotopic (exact) mass is 237 g/mol. The first-order chi connectivity index (χ1) is 8.17. The molecule has 0 heterocycles. The lowest BCUT2D eigenvalue weighted by Gasteiger charge is -2.10. The molecule has 1 aromatic carbocycles. The molecule has 6 heteroatoms. The molecule has 6 nitrogen and oxygen atoms in total. The van der Waals surface area contributed by atoms with Crippen molar-refractivity contribution in [2.24, 2.45) is 10.9 Å². The van der Waals surface area contributed by atoms with Gasteiger partial charge in [-0.15, -0.1) is 0 Å². The molecular formula is C11H15N3O3. The summed E-state index contributed by atoms with van der Waals surface area (Å²) in [6.45, 7) is 2.36. The molecule has 0 spiro atoms. The van der Waals surface area contributed by atoms with Crippen molar-refractivity contribution in [3.63, 3.8) is 0 Å². The van der Waals surface area contributed by atoms with E-state index in [1.54, 1.807) is 18.2 Å². The Morgan fingerprint density at radius 1 is 1.53 bits per heavy atom. The van der Waals surface area contributed by atoms with Gasteiger partial charge in [-0.3, -0.25) is 4.79 Å². The molecule has 0 saturated carbocycles. The predicted octanol–water partition coefficient (Wildman–Crippen LogP) is 1.16. The van der Waals surface area contributed by atoms with Crippen LogP contribution in [-0.2, 0) is 4.79 Å². The van der Waals surface area contributed by atoms with E-state index in [0.29, 0.717) is 18.0 Å². The molecule has 0 fully saturated rings. The van der Waals surface area contributed by atoms with E-state index in [1.807, 2.05) is 13.0 Å². The number of amidine groups is 1. The number of benzene rings is 1. The van der Waals surface area contributed by atoms with E-state index in [1.165, 1.54) is 0 Å². The molecule has 0 aromatic heterocycles. The maximum Gasteiger partial charge on any atom is 0.232 e. The van der Waals surface area contributed by atoms with Gasteiger partial charge in [0.1, 0.15) is 11.6 Å². The van der Waals surface area contributed by atoms with Crippen molar-refractivity contribution < 1.29 is 14.7 Å². The lowest BCUT2D eigenvalue weighted by Crippen LogP contribution is -2.22. The van der Waals surface area contributed by atoms with E-state index in [0.717, 1.165) is 0 Å². The van der Waals surface area contributed by atoms with Gasteiger partial charge in [-0.05, 0) is 19.1 Å². The number of hydrogen-bond acceptors (Lipinski definition) is 4. The Labute approximate surface area is 99.1 Å². The van der Waals surface area contributed by atoms with Crippen LogP contribution in [0.25, 0.3) is 0 Å². The number of rotatable bonds is 5. The summed E-state index contributed by atoms with van der Waals surface area (Å²) < 4.78 is 5.34. The van der Waals surface area contributed by atoms with Crippen molar-refractivity contribution in [2.75, 3.05) is 11.9 Å². The molecule has 0 aliphatic carbocycles. The summed E-state index contributed by atoms with van der Waals surface area (Å²) in [7, 11) is 0. The van der Waals surface area contributed by atoms with E-state index >= 15 is 0 Å². The van der Waals surface area contributed by atoms with Crippen LogP contribution in [0.15, 0.2) is 29.4 Å². The number of nitrogens with zero attached hydrogens (tertiary/aromatic N) is 1. The summed E-state index contributed by atoms with van der Waals surface area (Å²) in [6.07, 6.45) is -0.170. The summed E-state index contributed by atoms with van der Waals surface area (Å²) >= 11 is 0. The number of carbonyl (C=O) groups excluding carboxylic acids is 1. The highest BCUT2D eigenvalue weighted by atomic mass is 16.5. The number of oxime groups is 1. The minimum atomic E-state index is -0.368. The van der Waals surface area contributed by atoms with Crippen molar-refractivity contribution in [3.05, 3.63) is 24.3 Å². The van der Waals surface area contributed by atoms with Crippen LogP contribution in [-0.4, -0.2) is 23.6 Å². The predicted molar refractivity (Wildman–Crippen MR) is 64.3 cm³/mol. The molecule has 0 radical (unpaired) electrons. The number of amides is 1. The topological polar surface area (TPSA) is 96.9 Å². The number of ether oxygens (including phenoxy) is 1. The minimum absolute atomic E-state index is 0.142. The van der Waals surface area contributed by atoms with Gasteiger partial charge in [0, 0.05) is 0 Å². The van der Waals surface area contributed by atoms with Gasteiger partial charge in [-0.2, -0.15) is 0 Å². The third-order valence-corrected chi connectivity index (χ3v) is 1.93. The molecule has 17 heavy (non-hydrogen) atoms. The smallest absolute Gasteiger partial charge is 0.232 e. The lowest BCUT2D eigenvalue weighted by molar-refractivity contribution is -0.115. The Balaban J connectivity index is 2.70. The highest BCUT2D eigenvalue weighted by Crippen LogP contribution is 2.23. The summed E-state index contributed by atoms with van der Waals surface area (Å²) in [5, 5.41) is 13.7. The summed E-state index contributed by atoms with van der Waals surface area (Å²) in [4.78, 5) is 11.5. The van der Waals surface area contributed by atoms with E-state index in [2.05, 4.69) is 10.5 Å². The molecule has 1 rings (SSSR count). The van der Waals surface area contributed by atoms with E-state index in [9.17, 15) is 4.79 Å². The Morgan fingerprint density at radius 2 is 2.24 bits per heavy atom. The first-order valence-corrected chi connectivity index (χ1v) is 5.15. The van der Waals surface area contributed by atoms with Gasteiger partial charge in [0.15, 0.2) is 0 Å². The van der Waals surface area contributed by atoms with E-state index in [4.69, 9.17) is 15.7 Å². The number of hydrogen-bond donors (Lipinski definition) is 3. The first kappa shape index (κ1) is 12.8. The zero-order valence-corrected chi connectivity index (χ0v) is 9.51. The second-order valence-electron chi connectivity index (χ2n) is 3.25. The second-order valence-corrected chi connectivity index (χ2v) is 3.25. The molecule has 4 N–H and O–H groups in total. The van der Waals surface area contributed by atoms with Crippen molar-refractivity contribution in [2.45, 2.75) is 13.3 Å². The molecule has 0 unspecified atom stereocenters. The van der Waals surface area contributed by atoms with E-state index in [-0.39, 0.29) is 18.2 Å². The number of para-hydroxylation sites is 2. The molecule has 1 amide bonds. The summed E-state index contributed by atoms with van der Waals surface area (Å²) in [5.41, 5.74) is 5.79. The van der Waals surface area contributed by atoms with Gasteiger partial charge in [0.25, 0.3) is 0 Å². The average Bonchev–Trinajstić information content (AvgIpc) is 2.31. The standard InChI is InChI=1S/C11H15N3O3/c1-2-17-9-6-4-3-5-8(9)13-11(15)7-10(12)14-16/h3-6,16H,2,7H2,1H3,(H2,12,14)(H,13,15). The largest absolute Gasteiger partial charge is 0.492 e. The Hall–Kier alpha value is -2.24. The maximum atomic E-state index is 11.5. The molecule has 0 aliphatic rings. The van der Waals surface area contributed by atoms with Crippen LogP contribution in [0.2, 0.25) is 0 Å². The summed E-state index contributed by atoms with van der Waals surface area (Å²) in [6, 6.07) is 7.06. The van der Waals surface area contributed by atoms with Crippen LogP contribution in [0.5, 0.6) is 5.75 Å². The van der Waals surface area contributed by atoms with Gasteiger partial charge >= 0.3 is 0 Å². The molecule has 1 aromatic rings. The zero-order chi connectivity index (χ0) is 12.7. The van der Waals surface area contributed by atoms with Gasteiger partial charge in [0.2, 0.25) is 5.91 Å². The second kappa shape index (κ2) is 6.37. The molecular weight excluding hydrogens is 222 g/mol. The fourth-order valence-electron chi connectivity index (χ4n) is 1.25. The van der Waals surface area contributed by atoms with Crippen molar-refractivity contribution >= 4 is 17.4 Å². The fraction of sp³-hybridized carbons (Fsp3) is 0.273. The minimum Gasteiger partial charge on any atom is -0.492 e. The molecule has 0 bridgehead atoms. The third kappa shape index (κ3) is 4.02.